The van der Waals surface area contributed by atoms with Gasteiger partial charge >= 0.3 is 0 Å². The van der Waals surface area contributed by atoms with Crippen LogP contribution in [0.3, 0.4) is 0 Å². The molecule has 0 aliphatic carbocycles. The Balaban J connectivity index is 2.13. The van der Waals surface area contributed by atoms with Gasteiger partial charge in [0.2, 0.25) is 0 Å². The average Bonchev–Trinajstić information content (AvgIpc) is 2.96. The van der Waals surface area contributed by atoms with E-state index in [2.05, 4.69) is 37.5 Å². The van der Waals surface area contributed by atoms with Crippen LogP contribution in [0.2, 0.25) is 0 Å². The van der Waals surface area contributed by atoms with E-state index in [1.165, 1.54) is 38.9 Å². The zero-order valence-corrected chi connectivity index (χ0v) is 12.7. The first-order valence-corrected chi connectivity index (χ1v) is 7.71. The monoisotopic (exact) mass is 253 g/mol. The lowest BCUT2D eigenvalue weighted by Crippen LogP contribution is -2.58. The van der Waals surface area contributed by atoms with Crippen molar-refractivity contribution >= 4 is 0 Å². The Morgan fingerprint density at radius 3 is 2.44 bits per heavy atom. The van der Waals surface area contributed by atoms with Gasteiger partial charge in [-0.1, -0.05) is 13.8 Å². The second-order valence-corrected chi connectivity index (χ2v) is 6.89. The molecule has 0 bridgehead atoms. The van der Waals surface area contributed by atoms with Crippen molar-refractivity contribution in [3.05, 3.63) is 0 Å². The van der Waals surface area contributed by atoms with Crippen LogP contribution >= 0.6 is 0 Å². The van der Waals surface area contributed by atoms with Crippen molar-refractivity contribution in [2.45, 2.75) is 64.6 Å². The van der Waals surface area contributed by atoms with E-state index in [1.807, 2.05) is 0 Å². The predicted octanol–water partition coefficient (Wildman–Crippen LogP) is 1.92. The molecule has 2 saturated heterocycles. The molecular weight excluding hydrogens is 222 g/mol. The maximum Gasteiger partial charge on any atom is 0.0473 e. The SMILES string of the molecule is CC(C)C1CCCN1C1(CN)CCN(C(C)C)C1. The van der Waals surface area contributed by atoms with E-state index < -0.39 is 0 Å². The van der Waals surface area contributed by atoms with Crippen LogP contribution in [-0.4, -0.2) is 53.6 Å². The summed E-state index contributed by atoms with van der Waals surface area (Å²) in [7, 11) is 0. The van der Waals surface area contributed by atoms with E-state index in [4.69, 9.17) is 5.73 Å². The fraction of sp³-hybridized carbons (Fsp3) is 1.00. The molecule has 0 spiro atoms. The summed E-state index contributed by atoms with van der Waals surface area (Å²) < 4.78 is 0. The fourth-order valence-corrected chi connectivity index (χ4v) is 3.92. The summed E-state index contributed by atoms with van der Waals surface area (Å²) in [6, 6.07) is 1.40. The number of nitrogens with two attached hydrogens (primary N) is 1. The van der Waals surface area contributed by atoms with E-state index in [0.29, 0.717) is 6.04 Å². The molecule has 106 valence electrons. The normalized spacial score (nSPS) is 35.2. The zero-order chi connectivity index (χ0) is 13.3. The summed E-state index contributed by atoms with van der Waals surface area (Å²) >= 11 is 0. The van der Waals surface area contributed by atoms with Gasteiger partial charge in [0.15, 0.2) is 0 Å². The van der Waals surface area contributed by atoms with E-state index in [0.717, 1.165) is 18.5 Å². The molecule has 3 nitrogen and oxygen atoms in total. The summed E-state index contributed by atoms with van der Waals surface area (Å²) in [4.78, 5) is 5.36. The third-order valence-corrected chi connectivity index (χ3v) is 5.15. The van der Waals surface area contributed by atoms with E-state index >= 15 is 0 Å². The van der Waals surface area contributed by atoms with Crippen LogP contribution in [0.25, 0.3) is 0 Å². The molecule has 0 amide bonds. The highest BCUT2D eigenvalue weighted by molar-refractivity contribution is 5.04. The third-order valence-electron chi connectivity index (χ3n) is 5.15. The van der Waals surface area contributed by atoms with Crippen LogP contribution in [0, 0.1) is 5.92 Å². The van der Waals surface area contributed by atoms with E-state index in [-0.39, 0.29) is 5.54 Å². The average molecular weight is 253 g/mol. The first-order chi connectivity index (χ1) is 8.50. The standard InChI is InChI=1S/C15H31N3/c1-12(2)14-6-5-8-18(14)15(10-16)7-9-17(11-15)13(3)4/h12-14H,5-11,16H2,1-4H3. The molecule has 0 aromatic heterocycles. The Labute approximate surface area is 113 Å². The topological polar surface area (TPSA) is 32.5 Å². The van der Waals surface area contributed by atoms with Gasteiger partial charge in [0.05, 0.1) is 0 Å². The molecule has 2 unspecified atom stereocenters. The Bertz CT molecular complexity index is 277. The van der Waals surface area contributed by atoms with Crippen LogP contribution in [0.5, 0.6) is 0 Å². The first kappa shape index (κ1) is 14.3. The highest BCUT2D eigenvalue weighted by Crippen LogP contribution is 2.36. The smallest absolute Gasteiger partial charge is 0.0473 e. The van der Waals surface area contributed by atoms with Crippen molar-refractivity contribution < 1.29 is 0 Å². The van der Waals surface area contributed by atoms with E-state index in [1.54, 1.807) is 0 Å². The highest BCUT2D eigenvalue weighted by atomic mass is 15.3. The number of rotatable bonds is 4. The lowest BCUT2D eigenvalue weighted by Gasteiger charge is -2.43. The first-order valence-electron chi connectivity index (χ1n) is 7.71. The van der Waals surface area contributed by atoms with Gasteiger partial charge in [-0.05, 0) is 45.6 Å². The quantitative estimate of drug-likeness (QED) is 0.831. The lowest BCUT2D eigenvalue weighted by molar-refractivity contribution is 0.0621. The maximum absolute atomic E-state index is 6.21. The molecule has 0 saturated carbocycles. The van der Waals surface area contributed by atoms with Gasteiger partial charge in [-0.25, -0.2) is 0 Å². The molecule has 0 aromatic rings. The Hall–Kier alpha value is -0.120. The van der Waals surface area contributed by atoms with Gasteiger partial charge in [-0.15, -0.1) is 0 Å². The second kappa shape index (κ2) is 5.48. The zero-order valence-electron chi connectivity index (χ0n) is 12.7. The van der Waals surface area contributed by atoms with Gasteiger partial charge in [0, 0.05) is 37.3 Å². The van der Waals surface area contributed by atoms with E-state index in [9.17, 15) is 0 Å². The molecule has 0 radical (unpaired) electrons. The van der Waals surface area contributed by atoms with Crippen LogP contribution in [0.1, 0.15) is 47.0 Å². The summed E-state index contributed by atoms with van der Waals surface area (Å²) in [5, 5.41) is 0. The Morgan fingerprint density at radius 1 is 1.22 bits per heavy atom. The minimum atomic E-state index is 0.260. The van der Waals surface area contributed by atoms with Gasteiger partial charge < -0.3 is 5.73 Å². The van der Waals surface area contributed by atoms with Crippen molar-refractivity contribution in [1.29, 1.82) is 0 Å². The van der Waals surface area contributed by atoms with Crippen LogP contribution in [0.15, 0.2) is 0 Å². The predicted molar refractivity (Wildman–Crippen MR) is 77.7 cm³/mol. The van der Waals surface area contributed by atoms with Crippen molar-refractivity contribution in [2.75, 3.05) is 26.2 Å². The van der Waals surface area contributed by atoms with Crippen LogP contribution in [-0.2, 0) is 0 Å². The second-order valence-electron chi connectivity index (χ2n) is 6.89. The molecule has 18 heavy (non-hydrogen) atoms. The minimum Gasteiger partial charge on any atom is -0.329 e. The minimum absolute atomic E-state index is 0.260. The molecule has 0 aromatic carbocycles. The van der Waals surface area contributed by atoms with Crippen LogP contribution < -0.4 is 5.73 Å². The van der Waals surface area contributed by atoms with Gasteiger partial charge in [0.1, 0.15) is 0 Å². The maximum atomic E-state index is 6.21. The van der Waals surface area contributed by atoms with Crippen molar-refractivity contribution in [3.8, 4) is 0 Å². The summed E-state index contributed by atoms with van der Waals surface area (Å²) in [5.41, 5.74) is 6.46. The molecule has 2 atom stereocenters. The molecule has 2 aliphatic heterocycles. The largest absolute Gasteiger partial charge is 0.329 e. The Kier molecular flexibility index (Phi) is 4.35. The summed E-state index contributed by atoms with van der Waals surface area (Å²) in [6.07, 6.45) is 3.97. The van der Waals surface area contributed by atoms with Crippen molar-refractivity contribution in [2.24, 2.45) is 11.7 Å². The highest BCUT2D eigenvalue weighted by Gasteiger charge is 2.47. The number of hydrogen-bond donors (Lipinski definition) is 1. The molecule has 2 aliphatic rings. The van der Waals surface area contributed by atoms with Gasteiger partial charge in [-0.3, -0.25) is 9.80 Å². The molecule has 2 rings (SSSR count). The number of likely N-dealkylation sites (tertiary alicyclic amines) is 2. The molecule has 2 heterocycles. The summed E-state index contributed by atoms with van der Waals surface area (Å²) in [6.45, 7) is 13.8. The van der Waals surface area contributed by atoms with Crippen molar-refractivity contribution in [3.63, 3.8) is 0 Å². The third kappa shape index (κ3) is 2.45. The molecule has 3 heteroatoms. The number of hydrogen-bond acceptors (Lipinski definition) is 3. The Morgan fingerprint density at radius 2 is 1.94 bits per heavy atom. The van der Waals surface area contributed by atoms with Crippen LogP contribution in [0.4, 0.5) is 0 Å². The fourth-order valence-electron chi connectivity index (χ4n) is 3.92. The van der Waals surface area contributed by atoms with Gasteiger partial charge in [-0.2, -0.15) is 0 Å². The van der Waals surface area contributed by atoms with Crippen molar-refractivity contribution in [1.82, 2.24) is 9.80 Å². The molecule has 2 fully saturated rings. The lowest BCUT2D eigenvalue weighted by atomic mass is 9.92. The molecular formula is C15H31N3. The molecule has 2 N–H and O–H groups in total. The summed E-state index contributed by atoms with van der Waals surface area (Å²) in [5.74, 6) is 0.754. The van der Waals surface area contributed by atoms with Gasteiger partial charge in [0.25, 0.3) is 0 Å². The number of nitrogens with zero attached hydrogens (tertiary/aromatic N) is 2.